The predicted molar refractivity (Wildman–Crippen MR) is 53.0 cm³/mol. The molecule has 68 valence electrons. The van der Waals surface area contributed by atoms with E-state index in [2.05, 4.69) is 10.3 Å². The van der Waals surface area contributed by atoms with Crippen LogP contribution in [0.1, 0.15) is 17.9 Å². The van der Waals surface area contributed by atoms with Gasteiger partial charge in [-0.2, -0.15) is 0 Å². The van der Waals surface area contributed by atoms with Gasteiger partial charge in [0.1, 0.15) is 5.37 Å². The second-order valence-electron chi connectivity index (χ2n) is 2.83. The van der Waals surface area contributed by atoms with Crippen LogP contribution in [0.15, 0.2) is 35.3 Å². The minimum Gasteiger partial charge on any atom is -0.494 e. The number of hydrogen-bond donors (Lipinski definition) is 2. The van der Waals surface area contributed by atoms with Crippen molar-refractivity contribution in [3.8, 4) is 0 Å². The van der Waals surface area contributed by atoms with Crippen LogP contribution >= 0.6 is 11.8 Å². The van der Waals surface area contributed by atoms with Crippen molar-refractivity contribution < 1.29 is 5.11 Å². The van der Waals surface area contributed by atoms with Gasteiger partial charge < -0.3 is 10.4 Å². The van der Waals surface area contributed by atoms with E-state index in [-0.39, 0.29) is 11.3 Å². The van der Waals surface area contributed by atoms with Crippen molar-refractivity contribution in [1.82, 2.24) is 10.3 Å². The number of allylic oxidation sites excluding steroid dienone is 1. The molecule has 0 bridgehead atoms. The molecule has 1 aromatic rings. The lowest BCUT2D eigenvalue weighted by Crippen LogP contribution is -2.12. The van der Waals surface area contributed by atoms with Crippen LogP contribution in [0.5, 0.6) is 0 Å². The Morgan fingerprint density at radius 1 is 1.46 bits per heavy atom. The molecule has 2 rings (SSSR count). The highest BCUT2D eigenvalue weighted by molar-refractivity contribution is 8.03. The average molecular weight is 194 g/mol. The molecule has 0 spiro atoms. The van der Waals surface area contributed by atoms with Gasteiger partial charge in [0.25, 0.3) is 0 Å². The van der Waals surface area contributed by atoms with Crippen LogP contribution < -0.4 is 5.32 Å². The topological polar surface area (TPSA) is 45.1 Å². The zero-order valence-electron chi connectivity index (χ0n) is 7.19. The lowest BCUT2D eigenvalue weighted by atomic mass is 10.3. The molecule has 0 radical (unpaired) electrons. The van der Waals surface area contributed by atoms with Crippen LogP contribution in [0, 0.1) is 0 Å². The van der Waals surface area contributed by atoms with Gasteiger partial charge in [-0.1, -0.05) is 11.8 Å². The molecule has 1 aliphatic heterocycles. The molecule has 1 aromatic heterocycles. The first-order valence-corrected chi connectivity index (χ1v) is 4.88. The molecule has 4 heteroatoms. The molecule has 0 aromatic carbocycles. The highest BCUT2D eigenvalue weighted by atomic mass is 32.2. The van der Waals surface area contributed by atoms with Crippen molar-refractivity contribution in [3.05, 3.63) is 40.9 Å². The van der Waals surface area contributed by atoms with E-state index in [0.717, 1.165) is 10.5 Å². The maximum Gasteiger partial charge on any atom is 0.194 e. The second kappa shape index (κ2) is 3.30. The van der Waals surface area contributed by atoms with Crippen LogP contribution in [0.3, 0.4) is 0 Å². The maximum absolute atomic E-state index is 9.36. The Bertz CT molecular complexity index is 323. The third kappa shape index (κ3) is 1.62. The van der Waals surface area contributed by atoms with Crippen LogP contribution in [0.2, 0.25) is 0 Å². The minimum absolute atomic E-state index is 0.128. The predicted octanol–water partition coefficient (Wildman–Crippen LogP) is 2.16. The van der Waals surface area contributed by atoms with Crippen molar-refractivity contribution in [2.45, 2.75) is 12.3 Å². The Balaban J connectivity index is 2.16. The lowest BCUT2D eigenvalue weighted by Gasteiger charge is -2.09. The lowest BCUT2D eigenvalue weighted by molar-refractivity contribution is 0.364. The number of pyridine rings is 1. The molecule has 0 aliphatic carbocycles. The number of aromatic nitrogens is 1. The first kappa shape index (κ1) is 8.44. The summed E-state index contributed by atoms with van der Waals surface area (Å²) in [7, 11) is 0. The number of aliphatic hydroxyl groups excluding tert-OH is 1. The fraction of sp³-hybridized carbons (Fsp3) is 0.222. The molecular weight excluding hydrogens is 184 g/mol. The second-order valence-corrected chi connectivity index (χ2v) is 4.15. The van der Waals surface area contributed by atoms with Crippen molar-refractivity contribution in [2.24, 2.45) is 0 Å². The van der Waals surface area contributed by atoms with E-state index in [0.29, 0.717) is 0 Å². The zero-order chi connectivity index (χ0) is 9.26. The maximum atomic E-state index is 9.36. The Hall–Kier alpha value is -1.16. The van der Waals surface area contributed by atoms with Crippen molar-refractivity contribution in [2.75, 3.05) is 0 Å². The first-order valence-electron chi connectivity index (χ1n) is 4.00. The summed E-state index contributed by atoms with van der Waals surface area (Å²) in [4.78, 5) is 4.87. The summed E-state index contributed by atoms with van der Waals surface area (Å²) in [6.45, 7) is 1.90. The molecule has 1 atom stereocenters. The molecule has 2 heterocycles. The molecular formula is C9H10N2OS. The van der Waals surface area contributed by atoms with Crippen molar-refractivity contribution in [3.63, 3.8) is 0 Å². The largest absolute Gasteiger partial charge is 0.494 e. The summed E-state index contributed by atoms with van der Waals surface area (Å²) >= 11 is 1.62. The molecule has 0 amide bonds. The molecule has 0 fully saturated rings. The van der Waals surface area contributed by atoms with Crippen LogP contribution in [-0.2, 0) is 0 Å². The van der Waals surface area contributed by atoms with Gasteiger partial charge in [0.05, 0.1) is 0 Å². The molecule has 1 unspecified atom stereocenters. The van der Waals surface area contributed by atoms with Gasteiger partial charge in [-0.3, -0.25) is 4.98 Å². The van der Waals surface area contributed by atoms with E-state index in [1.807, 2.05) is 19.1 Å². The molecule has 2 N–H and O–H groups in total. The summed E-state index contributed by atoms with van der Waals surface area (Å²) in [6.07, 6.45) is 3.50. The van der Waals surface area contributed by atoms with Gasteiger partial charge in [0, 0.05) is 17.3 Å². The third-order valence-corrected chi connectivity index (χ3v) is 3.08. The van der Waals surface area contributed by atoms with Crippen LogP contribution in [0.4, 0.5) is 0 Å². The van der Waals surface area contributed by atoms with E-state index in [1.54, 1.807) is 24.2 Å². The molecule has 0 saturated heterocycles. The first-order chi connectivity index (χ1) is 6.27. The fourth-order valence-corrected chi connectivity index (χ4v) is 2.17. The Morgan fingerprint density at radius 3 is 2.69 bits per heavy atom. The summed E-state index contributed by atoms with van der Waals surface area (Å²) in [5.74, 6) is 0.284. The highest BCUT2D eigenvalue weighted by Gasteiger charge is 2.21. The standard InChI is InChI=1S/C9H10N2OS/c1-6-8(12)11-9(13-6)7-2-4-10-5-3-7/h2-5,9,11-12H,1H3. The van der Waals surface area contributed by atoms with Gasteiger partial charge in [-0.25, -0.2) is 0 Å². The zero-order valence-corrected chi connectivity index (χ0v) is 8.01. The van der Waals surface area contributed by atoms with Gasteiger partial charge in [-0.15, -0.1) is 0 Å². The SMILES string of the molecule is CC1=C(O)NC(c2ccncc2)S1. The Labute approximate surface area is 80.9 Å². The monoisotopic (exact) mass is 194 g/mol. The molecule has 1 aliphatic rings. The number of rotatable bonds is 1. The number of thioether (sulfide) groups is 1. The van der Waals surface area contributed by atoms with Gasteiger partial charge in [0.15, 0.2) is 5.88 Å². The van der Waals surface area contributed by atoms with Gasteiger partial charge in [0.2, 0.25) is 0 Å². The molecule has 3 nitrogen and oxygen atoms in total. The van der Waals surface area contributed by atoms with Gasteiger partial charge >= 0.3 is 0 Å². The third-order valence-electron chi connectivity index (χ3n) is 1.90. The smallest absolute Gasteiger partial charge is 0.194 e. The minimum atomic E-state index is 0.128. The number of hydrogen-bond acceptors (Lipinski definition) is 4. The van der Waals surface area contributed by atoms with Crippen molar-refractivity contribution in [1.29, 1.82) is 0 Å². The quantitative estimate of drug-likeness (QED) is 0.719. The van der Waals surface area contributed by atoms with E-state index >= 15 is 0 Å². The van der Waals surface area contributed by atoms with E-state index in [4.69, 9.17) is 0 Å². The Morgan fingerprint density at radius 2 is 2.15 bits per heavy atom. The fourth-order valence-electron chi connectivity index (χ4n) is 1.18. The summed E-state index contributed by atoms with van der Waals surface area (Å²) < 4.78 is 0. The number of nitrogens with one attached hydrogen (secondary N) is 1. The number of aliphatic hydroxyl groups is 1. The van der Waals surface area contributed by atoms with Crippen molar-refractivity contribution >= 4 is 11.8 Å². The van der Waals surface area contributed by atoms with E-state index in [9.17, 15) is 5.11 Å². The summed E-state index contributed by atoms with van der Waals surface area (Å²) in [6, 6.07) is 3.88. The van der Waals surface area contributed by atoms with Crippen LogP contribution in [0.25, 0.3) is 0 Å². The van der Waals surface area contributed by atoms with E-state index < -0.39 is 0 Å². The number of nitrogens with zero attached hydrogens (tertiary/aromatic N) is 1. The molecule has 0 saturated carbocycles. The average Bonchev–Trinajstić information content (AvgIpc) is 2.49. The van der Waals surface area contributed by atoms with Crippen LogP contribution in [-0.4, -0.2) is 10.1 Å². The Kier molecular flexibility index (Phi) is 2.14. The van der Waals surface area contributed by atoms with Gasteiger partial charge in [-0.05, 0) is 24.6 Å². The summed E-state index contributed by atoms with van der Waals surface area (Å²) in [5.41, 5.74) is 1.13. The summed E-state index contributed by atoms with van der Waals surface area (Å²) in [5, 5.41) is 12.5. The van der Waals surface area contributed by atoms with E-state index in [1.165, 1.54) is 0 Å². The highest BCUT2D eigenvalue weighted by Crippen LogP contribution is 2.38. The normalized spacial score (nSPS) is 21.8. The molecule has 13 heavy (non-hydrogen) atoms.